The zero-order chi connectivity index (χ0) is 8.10. The van der Waals surface area contributed by atoms with Gasteiger partial charge in [-0.2, -0.15) is 0 Å². The van der Waals surface area contributed by atoms with Crippen molar-refractivity contribution >= 4 is 6.29 Å². The summed E-state index contributed by atoms with van der Waals surface area (Å²) in [5, 5.41) is 0. The van der Waals surface area contributed by atoms with Gasteiger partial charge in [0.15, 0.2) is 0 Å². The molecular formula is C8H12N2O. The number of aldehydes is 1. The van der Waals surface area contributed by atoms with E-state index in [1.54, 1.807) is 0 Å². The Balaban J connectivity index is 2.37. The number of aromatic nitrogens is 1. The lowest BCUT2D eigenvalue weighted by Gasteiger charge is -2.10. The molecule has 0 amide bonds. The lowest BCUT2D eigenvalue weighted by molar-refractivity contribution is -0.108. The van der Waals surface area contributed by atoms with E-state index < -0.39 is 0 Å². The second-order valence-electron chi connectivity index (χ2n) is 2.58. The van der Waals surface area contributed by atoms with Crippen molar-refractivity contribution in [2.75, 3.05) is 13.6 Å². The number of aromatic amines is 1. The van der Waals surface area contributed by atoms with Crippen LogP contribution in [0.5, 0.6) is 0 Å². The van der Waals surface area contributed by atoms with E-state index in [4.69, 9.17) is 0 Å². The molecule has 0 aliphatic carbocycles. The molecule has 0 aliphatic heterocycles. The average Bonchev–Trinajstić information content (AvgIpc) is 2.40. The summed E-state index contributed by atoms with van der Waals surface area (Å²) >= 11 is 0. The summed E-state index contributed by atoms with van der Waals surface area (Å²) in [6.07, 6.45) is 4.72. The zero-order valence-corrected chi connectivity index (χ0v) is 6.58. The first-order chi connectivity index (χ1) is 5.33. The van der Waals surface area contributed by atoms with E-state index in [2.05, 4.69) is 4.98 Å². The topological polar surface area (TPSA) is 36.1 Å². The number of carbonyl (C=O) groups is 1. The van der Waals surface area contributed by atoms with E-state index in [0.29, 0.717) is 6.54 Å². The molecule has 0 aromatic carbocycles. The largest absolute Gasteiger partial charge is 0.367 e. The first-order valence-corrected chi connectivity index (χ1v) is 3.57. The highest BCUT2D eigenvalue weighted by Gasteiger charge is 1.97. The molecule has 60 valence electrons. The SMILES string of the molecule is CN(CC=O)Cc1cc[nH]c1. The highest BCUT2D eigenvalue weighted by Crippen LogP contribution is 1.99. The summed E-state index contributed by atoms with van der Waals surface area (Å²) in [5.74, 6) is 0. The summed E-state index contributed by atoms with van der Waals surface area (Å²) < 4.78 is 0. The lowest BCUT2D eigenvalue weighted by Crippen LogP contribution is -2.19. The molecule has 0 radical (unpaired) electrons. The maximum absolute atomic E-state index is 10.1. The summed E-state index contributed by atoms with van der Waals surface area (Å²) in [6, 6.07) is 2.00. The second kappa shape index (κ2) is 3.93. The molecular weight excluding hydrogens is 140 g/mol. The predicted molar refractivity (Wildman–Crippen MR) is 43.2 cm³/mol. The van der Waals surface area contributed by atoms with Crippen molar-refractivity contribution < 1.29 is 4.79 Å². The molecule has 3 heteroatoms. The fourth-order valence-electron chi connectivity index (χ4n) is 0.960. The predicted octanol–water partition coefficient (Wildman–Crippen LogP) is 0.645. The Hall–Kier alpha value is -1.09. The van der Waals surface area contributed by atoms with Crippen LogP contribution in [0.4, 0.5) is 0 Å². The van der Waals surface area contributed by atoms with E-state index in [9.17, 15) is 4.79 Å². The number of nitrogens with one attached hydrogen (secondary N) is 1. The Labute approximate surface area is 66.0 Å². The highest BCUT2D eigenvalue weighted by atomic mass is 16.1. The molecule has 0 saturated heterocycles. The van der Waals surface area contributed by atoms with Crippen LogP contribution in [-0.2, 0) is 11.3 Å². The summed E-state index contributed by atoms with van der Waals surface area (Å²) in [5.41, 5.74) is 1.20. The van der Waals surface area contributed by atoms with Crippen molar-refractivity contribution in [3.8, 4) is 0 Å². The number of H-pyrrole nitrogens is 1. The van der Waals surface area contributed by atoms with Crippen LogP contribution in [0.2, 0.25) is 0 Å². The van der Waals surface area contributed by atoms with Gasteiger partial charge in [0.1, 0.15) is 6.29 Å². The van der Waals surface area contributed by atoms with Gasteiger partial charge in [0.05, 0.1) is 6.54 Å². The van der Waals surface area contributed by atoms with Crippen molar-refractivity contribution in [1.82, 2.24) is 9.88 Å². The molecule has 0 aliphatic rings. The van der Waals surface area contributed by atoms with Crippen molar-refractivity contribution in [1.29, 1.82) is 0 Å². The van der Waals surface area contributed by atoms with E-state index >= 15 is 0 Å². The minimum Gasteiger partial charge on any atom is -0.367 e. The highest BCUT2D eigenvalue weighted by molar-refractivity contribution is 5.51. The Bertz CT molecular complexity index is 206. The molecule has 0 bridgehead atoms. The smallest absolute Gasteiger partial charge is 0.133 e. The Kier molecular flexibility index (Phi) is 2.86. The fourth-order valence-corrected chi connectivity index (χ4v) is 0.960. The quantitative estimate of drug-likeness (QED) is 0.643. The van der Waals surface area contributed by atoms with E-state index in [1.165, 1.54) is 5.56 Å². The van der Waals surface area contributed by atoms with Crippen molar-refractivity contribution in [2.45, 2.75) is 6.54 Å². The standard InChI is InChI=1S/C8H12N2O/c1-10(4-5-11)7-8-2-3-9-6-8/h2-3,5-6,9H,4,7H2,1H3. The molecule has 0 atom stereocenters. The molecule has 11 heavy (non-hydrogen) atoms. The van der Waals surface area contributed by atoms with Gasteiger partial charge in [-0.3, -0.25) is 4.90 Å². The fraction of sp³-hybridized carbons (Fsp3) is 0.375. The summed E-state index contributed by atoms with van der Waals surface area (Å²) in [7, 11) is 1.92. The number of hydrogen-bond donors (Lipinski definition) is 1. The van der Waals surface area contributed by atoms with Gasteiger partial charge in [0, 0.05) is 18.9 Å². The van der Waals surface area contributed by atoms with Crippen molar-refractivity contribution in [3.63, 3.8) is 0 Å². The van der Waals surface area contributed by atoms with E-state index in [1.807, 2.05) is 30.4 Å². The van der Waals surface area contributed by atoms with Gasteiger partial charge in [-0.05, 0) is 18.7 Å². The minimum absolute atomic E-state index is 0.491. The lowest BCUT2D eigenvalue weighted by atomic mass is 10.3. The number of hydrogen-bond acceptors (Lipinski definition) is 2. The van der Waals surface area contributed by atoms with Gasteiger partial charge >= 0.3 is 0 Å². The first kappa shape index (κ1) is 8.01. The number of likely N-dealkylation sites (N-methyl/N-ethyl adjacent to an activating group) is 1. The maximum atomic E-state index is 10.1. The molecule has 1 rings (SSSR count). The van der Waals surface area contributed by atoms with Crippen molar-refractivity contribution in [3.05, 3.63) is 24.0 Å². The molecule has 1 N–H and O–H groups in total. The van der Waals surface area contributed by atoms with Gasteiger partial charge in [-0.15, -0.1) is 0 Å². The Morgan fingerprint density at radius 2 is 2.55 bits per heavy atom. The summed E-state index contributed by atoms with van der Waals surface area (Å²) in [6.45, 7) is 1.31. The molecule has 0 saturated carbocycles. The van der Waals surface area contributed by atoms with Gasteiger partial charge in [-0.25, -0.2) is 0 Å². The molecule has 0 unspecified atom stereocenters. The van der Waals surface area contributed by atoms with Crippen LogP contribution in [-0.4, -0.2) is 29.8 Å². The van der Waals surface area contributed by atoms with Crippen LogP contribution in [0.15, 0.2) is 18.5 Å². The molecule has 0 spiro atoms. The zero-order valence-electron chi connectivity index (χ0n) is 6.58. The van der Waals surface area contributed by atoms with Crippen LogP contribution < -0.4 is 0 Å². The molecule has 1 aromatic heterocycles. The third kappa shape index (κ3) is 2.55. The maximum Gasteiger partial charge on any atom is 0.133 e. The first-order valence-electron chi connectivity index (χ1n) is 3.57. The monoisotopic (exact) mass is 152 g/mol. The minimum atomic E-state index is 0.491. The van der Waals surface area contributed by atoms with E-state index in [0.717, 1.165) is 12.8 Å². The third-order valence-electron chi connectivity index (χ3n) is 1.50. The van der Waals surface area contributed by atoms with Gasteiger partial charge in [0.25, 0.3) is 0 Å². The molecule has 3 nitrogen and oxygen atoms in total. The number of nitrogens with zero attached hydrogens (tertiary/aromatic N) is 1. The third-order valence-corrected chi connectivity index (χ3v) is 1.50. The van der Waals surface area contributed by atoms with Gasteiger partial charge in [0.2, 0.25) is 0 Å². The molecule has 1 aromatic rings. The number of rotatable bonds is 4. The summed E-state index contributed by atoms with van der Waals surface area (Å²) in [4.78, 5) is 15.0. The molecule has 1 heterocycles. The van der Waals surface area contributed by atoms with Gasteiger partial charge < -0.3 is 9.78 Å². The molecule has 0 fully saturated rings. The van der Waals surface area contributed by atoms with Gasteiger partial charge in [-0.1, -0.05) is 0 Å². The Morgan fingerprint density at radius 1 is 1.73 bits per heavy atom. The number of carbonyl (C=O) groups excluding carboxylic acids is 1. The van der Waals surface area contributed by atoms with E-state index in [-0.39, 0.29) is 0 Å². The second-order valence-corrected chi connectivity index (χ2v) is 2.58. The van der Waals surface area contributed by atoms with Crippen LogP contribution in [0.1, 0.15) is 5.56 Å². The van der Waals surface area contributed by atoms with Crippen molar-refractivity contribution in [2.24, 2.45) is 0 Å². The van der Waals surface area contributed by atoms with Crippen LogP contribution in [0.25, 0.3) is 0 Å². The Morgan fingerprint density at radius 3 is 3.09 bits per heavy atom. The van der Waals surface area contributed by atoms with Crippen LogP contribution in [0.3, 0.4) is 0 Å². The van der Waals surface area contributed by atoms with Crippen LogP contribution in [0, 0.1) is 0 Å². The average molecular weight is 152 g/mol. The normalized spacial score (nSPS) is 10.4. The van der Waals surface area contributed by atoms with Crippen LogP contribution >= 0.6 is 0 Å².